The van der Waals surface area contributed by atoms with Gasteiger partial charge in [-0.25, -0.2) is 0 Å². The lowest BCUT2D eigenvalue weighted by Gasteiger charge is -2.20. The van der Waals surface area contributed by atoms with Gasteiger partial charge in [-0.3, -0.25) is 4.90 Å². The Morgan fingerprint density at radius 2 is 2.00 bits per heavy atom. The van der Waals surface area contributed by atoms with Crippen LogP contribution in [0.15, 0.2) is 30.3 Å². The van der Waals surface area contributed by atoms with Crippen LogP contribution in [-0.4, -0.2) is 30.6 Å². The van der Waals surface area contributed by atoms with Crippen molar-refractivity contribution in [2.45, 2.75) is 45.2 Å². The largest absolute Gasteiger partial charge is 0.312 e. The number of rotatable bonds is 5. The monoisotopic (exact) mass is 272 g/mol. The topological polar surface area (TPSA) is 15.3 Å². The van der Waals surface area contributed by atoms with Gasteiger partial charge >= 0.3 is 0 Å². The van der Waals surface area contributed by atoms with Crippen molar-refractivity contribution in [2.24, 2.45) is 11.8 Å². The van der Waals surface area contributed by atoms with Crippen LogP contribution in [0.5, 0.6) is 0 Å². The average Bonchev–Trinajstić information content (AvgIpc) is 3.07. The van der Waals surface area contributed by atoms with Gasteiger partial charge in [0.05, 0.1) is 0 Å². The maximum atomic E-state index is 3.83. The van der Waals surface area contributed by atoms with Crippen LogP contribution in [0, 0.1) is 11.8 Å². The zero-order chi connectivity index (χ0) is 13.8. The molecule has 1 saturated carbocycles. The Morgan fingerprint density at radius 3 is 2.75 bits per heavy atom. The molecule has 2 aliphatic rings. The van der Waals surface area contributed by atoms with E-state index < -0.39 is 0 Å². The van der Waals surface area contributed by atoms with Gasteiger partial charge in [0.1, 0.15) is 0 Å². The lowest BCUT2D eigenvalue weighted by molar-refractivity contribution is 0.311. The van der Waals surface area contributed by atoms with E-state index in [1.54, 1.807) is 0 Å². The number of nitrogens with zero attached hydrogens (tertiary/aromatic N) is 1. The van der Waals surface area contributed by atoms with Gasteiger partial charge in [-0.2, -0.15) is 0 Å². The minimum absolute atomic E-state index is 0.714. The Bertz CT molecular complexity index is 403. The third-order valence-corrected chi connectivity index (χ3v) is 5.23. The van der Waals surface area contributed by atoms with Crippen LogP contribution in [0.4, 0.5) is 0 Å². The molecule has 1 aromatic rings. The summed E-state index contributed by atoms with van der Waals surface area (Å²) in [5.74, 6) is 1.86. The quantitative estimate of drug-likeness (QED) is 0.885. The van der Waals surface area contributed by atoms with Crippen molar-refractivity contribution in [3.63, 3.8) is 0 Å². The van der Waals surface area contributed by atoms with Crippen molar-refractivity contribution < 1.29 is 0 Å². The van der Waals surface area contributed by atoms with Crippen LogP contribution in [-0.2, 0) is 6.54 Å². The lowest BCUT2D eigenvalue weighted by Crippen LogP contribution is -2.36. The van der Waals surface area contributed by atoms with Crippen LogP contribution in [0.3, 0.4) is 0 Å². The van der Waals surface area contributed by atoms with Gasteiger partial charge in [0.25, 0.3) is 0 Å². The van der Waals surface area contributed by atoms with Gasteiger partial charge < -0.3 is 5.32 Å². The molecule has 0 bridgehead atoms. The maximum Gasteiger partial charge on any atom is 0.0234 e. The second-order valence-electron chi connectivity index (χ2n) is 6.78. The van der Waals surface area contributed by atoms with Gasteiger partial charge in [-0.15, -0.1) is 0 Å². The standard InChI is InChI=1S/C18H28N2/c1-15-6-5-9-17(15)12-19-18-10-11-20(14-18)13-16-7-3-2-4-8-16/h2-4,7-8,15,17-19H,5-6,9-14H2,1H3. The van der Waals surface area contributed by atoms with Crippen molar-refractivity contribution in [1.29, 1.82) is 0 Å². The van der Waals surface area contributed by atoms with Crippen LogP contribution in [0.2, 0.25) is 0 Å². The van der Waals surface area contributed by atoms with Gasteiger partial charge in [0, 0.05) is 25.7 Å². The summed E-state index contributed by atoms with van der Waals surface area (Å²) in [6.45, 7) is 7.24. The number of hydrogen-bond acceptors (Lipinski definition) is 2. The molecule has 110 valence electrons. The fourth-order valence-electron chi connectivity index (χ4n) is 3.83. The molecule has 2 heteroatoms. The molecule has 0 aromatic heterocycles. The molecular formula is C18H28N2. The Hall–Kier alpha value is -0.860. The van der Waals surface area contributed by atoms with Crippen LogP contribution in [0.1, 0.15) is 38.2 Å². The highest BCUT2D eigenvalue weighted by Gasteiger charge is 2.26. The van der Waals surface area contributed by atoms with E-state index in [-0.39, 0.29) is 0 Å². The summed E-state index contributed by atoms with van der Waals surface area (Å²) in [7, 11) is 0. The first-order chi connectivity index (χ1) is 9.81. The summed E-state index contributed by atoms with van der Waals surface area (Å²) in [6.07, 6.45) is 5.64. The summed E-state index contributed by atoms with van der Waals surface area (Å²) in [6, 6.07) is 11.6. The Balaban J connectivity index is 1.41. The van der Waals surface area contributed by atoms with Crippen molar-refractivity contribution in [2.75, 3.05) is 19.6 Å². The molecule has 2 fully saturated rings. The molecule has 0 amide bonds. The van der Waals surface area contributed by atoms with E-state index in [1.165, 1.54) is 50.9 Å². The van der Waals surface area contributed by atoms with Gasteiger partial charge in [-0.05, 0) is 36.8 Å². The highest BCUT2D eigenvalue weighted by molar-refractivity contribution is 5.14. The molecule has 0 radical (unpaired) electrons. The number of likely N-dealkylation sites (tertiary alicyclic amines) is 1. The first-order valence-corrected chi connectivity index (χ1v) is 8.31. The van der Waals surface area contributed by atoms with E-state index >= 15 is 0 Å². The molecule has 3 unspecified atom stereocenters. The lowest BCUT2D eigenvalue weighted by atomic mass is 9.98. The predicted octanol–water partition coefficient (Wildman–Crippen LogP) is 3.29. The number of hydrogen-bond donors (Lipinski definition) is 1. The molecule has 3 atom stereocenters. The second-order valence-corrected chi connectivity index (χ2v) is 6.78. The number of nitrogens with one attached hydrogen (secondary N) is 1. The summed E-state index contributed by atoms with van der Waals surface area (Å²) >= 11 is 0. The van der Waals surface area contributed by atoms with Crippen LogP contribution in [0.25, 0.3) is 0 Å². The van der Waals surface area contributed by atoms with Gasteiger partial charge in [-0.1, -0.05) is 50.1 Å². The zero-order valence-corrected chi connectivity index (χ0v) is 12.7. The Kier molecular flexibility index (Phi) is 4.74. The third kappa shape index (κ3) is 3.62. The van der Waals surface area contributed by atoms with Gasteiger partial charge in [0.15, 0.2) is 0 Å². The van der Waals surface area contributed by atoms with E-state index in [2.05, 4.69) is 47.5 Å². The molecule has 1 aromatic carbocycles. The Labute approximate surface area is 123 Å². The maximum absolute atomic E-state index is 3.83. The smallest absolute Gasteiger partial charge is 0.0234 e. The minimum Gasteiger partial charge on any atom is -0.312 e. The molecule has 1 heterocycles. The van der Waals surface area contributed by atoms with Gasteiger partial charge in [0.2, 0.25) is 0 Å². The fraction of sp³-hybridized carbons (Fsp3) is 0.667. The highest BCUT2D eigenvalue weighted by atomic mass is 15.2. The number of benzene rings is 1. The molecular weight excluding hydrogens is 244 g/mol. The zero-order valence-electron chi connectivity index (χ0n) is 12.7. The first-order valence-electron chi connectivity index (χ1n) is 8.31. The molecule has 20 heavy (non-hydrogen) atoms. The fourth-order valence-corrected chi connectivity index (χ4v) is 3.83. The van der Waals surface area contributed by atoms with Crippen molar-refractivity contribution in [3.8, 4) is 0 Å². The molecule has 1 aliphatic carbocycles. The predicted molar refractivity (Wildman–Crippen MR) is 84.6 cm³/mol. The average molecular weight is 272 g/mol. The van der Waals surface area contributed by atoms with Crippen molar-refractivity contribution >= 4 is 0 Å². The molecule has 2 nitrogen and oxygen atoms in total. The van der Waals surface area contributed by atoms with E-state index in [0.717, 1.165) is 18.4 Å². The highest BCUT2D eigenvalue weighted by Crippen LogP contribution is 2.30. The molecule has 3 rings (SSSR count). The summed E-state index contributed by atoms with van der Waals surface area (Å²) in [5.41, 5.74) is 1.44. The summed E-state index contributed by atoms with van der Waals surface area (Å²) < 4.78 is 0. The third-order valence-electron chi connectivity index (χ3n) is 5.23. The van der Waals surface area contributed by atoms with Crippen molar-refractivity contribution in [3.05, 3.63) is 35.9 Å². The minimum atomic E-state index is 0.714. The molecule has 1 aliphatic heterocycles. The SMILES string of the molecule is CC1CCCC1CNC1CCN(Cc2ccccc2)C1. The van der Waals surface area contributed by atoms with E-state index in [1.807, 2.05) is 0 Å². The molecule has 0 spiro atoms. The van der Waals surface area contributed by atoms with E-state index in [0.29, 0.717) is 6.04 Å². The Morgan fingerprint density at radius 1 is 1.15 bits per heavy atom. The molecule has 1 N–H and O–H groups in total. The molecule has 1 saturated heterocycles. The summed E-state index contributed by atoms with van der Waals surface area (Å²) in [4.78, 5) is 2.59. The second kappa shape index (κ2) is 6.73. The van der Waals surface area contributed by atoms with Crippen LogP contribution < -0.4 is 5.32 Å². The first kappa shape index (κ1) is 14.1. The summed E-state index contributed by atoms with van der Waals surface area (Å²) in [5, 5.41) is 3.83. The normalized spacial score (nSPS) is 30.9. The van der Waals surface area contributed by atoms with E-state index in [4.69, 9.17) is 0 Å². The van der Waals surface area contributed by atoms with Crippen molar-refractivity contribution in [1.82, 2.24) is 10.2 Å². The van der Waals surface area contributed by atoms with E-state index in [9.17, 15) is 0 Å². The van der Waals surface area contributed by atoms with Crippen LogP contribution >= 0.6 is 0 Å².